The van der Waals surface area contributed by atoms with Gasteiger partial charge in [0.25, 0.3) is 11.5 Å². The predicted octanol–water partition coefficient (Wildman–Crippen LogP) is 3.78. The monoisotopic (exact) mass is 462 g/mol. The number of hydrogen-bond donors (Lipinski definition) is 1. The third-order valence-corrected chi connectivity index (χ3v) is 5.62. The number of para-hydroxylation sites is 1. The molecule has 0 bridgehead atoms. The molecule has 0 fully saturated rings. The van der Waals surface area contributed by atoms with E-state index >= 15 is 0 Å². The molecule has 0 unspecified atom stereocenters. The highest BCUT2D eigenvalue weighted by molar-refractivity contribution is 7.99. The molecular weight excluding hydrogens is 443 g/mol. The molecule has 1 heterocycles. The van der Waals surface area contributed by atoms with Crippen molar-refractivity contribution < 1.29 is 13.9 Å². The minimum Gasteiger partial charge on any atom is -0.497 e. The summed E-state index contributed by atoms with van der Waals surface area (Å²) in [6, 6.07) is 19.8. The van der Waals surface area contributed by atoms with Crippen LogP contribution in [0.5, 0.6) is 5.75 Å². The van der Waals surface area contributed by atoms with Crippen molar-refractivity contribution in [3.05, 3.63) is 94.5 Å². The second kappa shape index (κ2) is 10.1. The lowest BCUT2D eigenvalue weighted by molar-refractivity contribution is -0.118. The molecule has 7 nitrogen and oxygen atoms in total. The first-order chi connectivity index (χ1) is 16.0. The molecule has 9 heteroatoms. The summed E-state index contributed by atoms with van der Waals surface area (Å²) >= 11 is 1.12. The fraction of sp³-hybridized carbons (Fsp3) is 0.0833. The highest BCUT2D eigenvalue weighted by atomic mass is 32.2. The molecule has 1 amide bonds. The number of fused-ring (bicyclic) bond motifs is 1. The summed E-state index contributed by atoms with van der Waals surface area (Å²) in [5.41, 5.74) is 3.99. The van der Waals surface area contributed by atoms with Crippen molar-refractivity contribution in [1.29, 1.82) is 0 Å². The molecular formula is C24H19FN4O3S. The third kappa shape index (κ3) is 5.27. The van der Waals surface area contributed by atoms with Crippen molar-refractivity contribution in [2.75, 3.05) is 12.9 Å². The van der Waals surface area contributed by atoms with Crippen LogP contribution in [0.25, 0.3) is 16.6 Å². The van der Waals surface area contributed by atoms with Gasteiger partial charge in [-0.1, -0.05) is 36.0 Å². The highest BCUT2D eigenvalue weighted by Crippen LogP contribution is 2.22. The number of hydrazone groups is 1. The van der Waals surface area contributed by atoms with Crippen LogP contribution in [0.4, 0.5) is 4.39 Å². The summed E-state index contributed by atoms with van der Waals surface area (Å²) in [6.07, 6.45) is 1.42. The topological polar surface area (TPSA) is 85.6 Å². The van der Waals surface area contributed by atoms with Crippen LogP contribution in [0.2, 0.25) is 0 Å². The van der Waals surface area contributed by atoms with Gasteiger partial charge in [-0.3, -0.25) is 14.2 Å². The van der Waals surface area contributed by atoms with Crippen LogP contribution in [0.3, 0.4) is 0 Å². The first-order valence-corrected chi connectivity index (χ1v) is 10.9. The summed E-state index contributed by atoms with van der Waals surface area (Å²) in [6.45, 7) is 0. The Morgan fingerprint density at radius 3 is 2.58 bits per heavy atom. The van der Waals surface area contributed by atoms with Gasteiger partial charge in [-0.15, -0.1) is 0 Å². The standard InChI is InChI=1S/C24H19FN4O3S/c1-32-19-12-10-18(11-13-19)29-23(31)20-4-2-3-5-21(20)27-24(29)33-15-22(30)28-26-14-16-6-8-17(25)9-7-16/h2-14H,15H2,1H3,(H,28,30). The molecule has 0 saturated heterocycles. The number of amides is 1. The van der Waals surface area contributed by atoms with E-state index in [0.717, 1.165) is 11.8 Å². The van der Waals surface area contributed by atoms with E-state index in [4.69, 9.17) is 4.74 Å². The van der Waals surface area contributed by atoms with Gasteiger partial charge in [0, 0.05) is 0 Å². The number of thioether (sulfide) groups is 1. The molecule has 166 valence electrons. The number of benzene rings is 3. The molecule has 4 rings (SSSR count). The number of rotatable bonds is 7. The molecule has 0 atom stereocenters. The molecule has 0 spiro atoms. The zero-order valence-corrected chi connectivity index (χ0v) is 18.4. The van der Waals surface area contributed by atoms with Gasteiger partial charge in [-0.2, -0.15) is 5.10 Å². The number of nitrogens with one attached hydrogen (secondary N) is 1. The average molecular weight is 463 g/mol. The predicted molar refractivity (Wildman–Crippen MR) is 127 cm³/mol. The van der Waals surface area contributed by atoms with Gasteiger partial charge in [-0.05, 0) is 54.1 Å². The Balaban J connectivity index is 1.56. The highest BCUT2D eigenvalue weighted by Gasteiger charge is 2.15. The summed E-state index contributed by atoms with van der Waals surface area (Å²) < 4.78 is 19.6. The molecule has 0 aliphatic rings. The number of carbonyl (C=O) groups excluding carboxylic acids is 1. The van der Waals surface area contributed by atoms with E-state index < -0.39 is 0 Å². The number of carbonyl (C=O) groups is 1. The maximum absolute atomic E-state index is 13.2. The van der Waals surface area contributed by atoms with E-state index in [0.29, 0.717) is 33.1 Å². The van der Waals surface area contributed by atoms with Gasteiger partial charge in [0.15, 0.2) is 5.16 Å². The molecule has 3 aromatic carbocycles. The summed E-state index contributed by atoms with van der Waals surface area (Å²) in [5, 5.41) is 4.74. The average Bonchev–Trinajstić information content (AvgIpc) is 2.84. The number of hydrogen-bond acceptors (Lipinski definition) is 6. The lowest BCUT2D eigenvalue weighted by atomic mass is 10.2. The number of methoxy groups -OCH3 is 1. The molecule has 0 radical (unpaired) electrons. The fourth-order valence-electron chi connectivity index (χ4n) is 3.06. The van der Waals surface area contributed by atoms with E-state index in [1.165, 1.54) is 22.9 Å². The van der Waals surface area contributed by atoms with Crippen molar-refractivity contribution in [1.82, 2.24) is 15.0 Å². The Labute approximate surface area is 192 Å². The maximum atomic E-state index is 13.2. The molecule has 4 aromatic rings. The second-order valence-electron chi connectivity index (χ2n) is 6.88. The maximum Gasteiger partial charge on any atom is 0.266 e. The molecule has 0 aliphatic carbocycles. The van der Waals surface area contributed by atoms with Crippen molar-refractivity contribution in [2.24, 2.45) is 5.10 Å². The first-order valence-electron chi connectivity index (χ1n) is 9.91. The SMILES string of the molecule is COc1ccc(-n2c(SCC(=O)NN=Cc3ccc(F)cc3)nc3ccccc3c2=O)cc1. The van der Waals surface area contributed by atoms with E-state index in [1.807, 2.05) is 0 Å². The second-order valence-corrected chi connectivity index (χ2v) is 7.83. The van der Waals surface area contributed by atoms with Gasteiger partial charge in [0.05, 0.1) is 35.7 Å². The summed E-state index contributed by atoms with van der Waals surface area (Å²) in [4.78, 5) is 30.1. The van der Waals surface area contributed by atoms with E-state index in [1.54, 1.807) is 67.8 Å². The van der Waals surface area contributed by atoms with Crippen LogP contribution in [-0.2, 0) is 4.79 Å². The molecule has 0 saturated carbocycles. The van der Waals surface area contributed by atoms with Crippen LogP contribution < -0.4 is 15.7 Å². The Hall–Kier alpha value is -3.98. The Kier molecular flexibility index (Phi) is 6.80. The third-order valence-electron chi connectivity index (χ3n) is 4.68. The number of nitrogens with zero attached hydrogens (tertiary/aromatic N) is 3. The molecule has 33 heavy (non-hydrogen) atoms. The van der Waals surface area contributed by atoms with E-state index in [2.05, 4.69) is 15.5 Å². The van der Waals surface area contributed by atoms with Crippen molar-refractivity contribution in [3.63, 3.8) is 0 Å². The van der Waals surface area contributed by atoms with Crippen LogP contribution in [0.15, 0.2) is 87.8 Å². The lowest BCUT2D eigenvalue weighted by Gasteiger charge is -2.13. The van der Waals surface area contributed by atoms with Gasteiger partial charge < -0.3 is 4.74 Å². The van der Waals surface area contributed by atoms with Gasteiger partial charge in [0.2, 0.25) is 0 Å². The fourth-order valence-corrected chi connectivity index (χ4v) is 3.86. The largest absolute Gasteiger partial charge is 0.497 e. The van der Waals surface area contributed by atoms with Crippen LogP contribution in [-0.4, -0.2) is 34.5 Å². The summed E-state index contributed by atoms with van der Waals surface area (Å²) in [5.74, 6) is -0.0737. The zero-order chi connectivity index (χ0) is 23.2. The van der Waals surface area contributed by atoms with Crippen LogP contribution in [0.1, 0.15) is 5.56 Å². The van der Waals surface area contributed by atoms with Gasteiger partial charge in [0.1, 0.15) is 11.6 Å². The van der Waals surface area contributed by atoms with E-state index in [9.17, 15) is 14.0 Å². The Morgan fingerprint density at radius 2 is 1.85 bits per heavy atom. The van der Waals surface area contributed by atoms with Crippen LogP contribution >= 0.6 is 11.8 Å². The Bertz CT molecular complexity index is 1370. The van der Waals surface area contributed by atoms with Gasteiger partial charge in [-0.25, -0.2) is 14.8 Å². The van der Waals surface area contributed by atoms with Crippen molar-refractivity contribution in [2.45, 2.75) is 5.16 Å². The van der Waals surface area contributed by atoms with Crippen molar-refractivity contribution in [3.8, 4) is 11.4 Å². The number of ether oxygens (including phenoxy) is 1. The number of halogens is 1. The quantitative estimate of drug-likeness (QED) is 0.196. The molecule has 1 aromatic heterocycles. The van der Waals surface area contributed by atoms with E-state index in [-0.39, 0.29) is 23.0 Å². The van der Waals surface area contributed by atoms with Crippen molar-refractivity contribution >= 4 is 34.8 Å². The zero-order valence-electron chi connectivity index (χ0n) is 17.6. The van der Waals surface area contributed by atoms with Crippen LogP contribution in [0, 0.1) is 5.82 Å². The summed E-state index contributed by atoms with van der Waals surface area (Å²) in [7, 11) is 1.57. The first kappa shape index (κ1) is 22.2. The molecule has 1 N–H and O–H groups in total. The lowest BCUT2D eigenvalue weighted by Crippen LogP contribution is -2.24. The van der Waals surface area contributed by atoms with Gasteiger partial charge >= 0.3 is 0 Å². The minimum atomic E-state index is -0.373. The smallest absolute Gasteiger partial charge is 0.266 e. The Morgan fingerprint density at radius 1 is 1.12 bits per heavy atom. The molecule has 0 aliphatic heterocycles. The number of aromatic nitrogens is 2. The normalized spacial score (nSPS) is 11.1. The minimum absolute atomic E-state index is 0.0122.